The van der Waals surface area contributed by atoms with Gasteiger partial charge in [-0.15, -0.1) is 0 Å². The molecule has 9 atom stereocenters. The lowest BCUT2D eigenvalue weighted by Crippen LogP contribution is -2.58. The molecule has 4 aliphatic carbocycles. The van der Waals surface area contributed by atoms with Crippen molar-refractivity contribution >= 4 is 5.78 Å². The monoisotopic (exact) mass is 398 g/mol. The van der Waals surface area contributed by atoms with E-state index in [9.17, 15) is 14.7 Å². The second kappa shape index (κ2) is 5.61. The number of carbonyl (C=O) groups is 1. The summed E-state index contributed by atoms with van der Waals surface area (Å²) < 4.78 is 11.6. The highest BCUT2D eigenvalue weighted by molar-refractivity contribution is 5.79. The molecule has 5 fully saturated rings. The van der Waals surface area contributed by atoms with Crippen molar-refractivity contribution in [2.75, 3.05) is 0 Å². The molecule has 2 heterocycles. The first-order valence-electron chi connectivity index (χ1n) is 11.3. The van der Waals surface area contributed by atoms with E-state index in [-0.39, 0.29) is 34.1 Å². The van der Waals surface area contributed by atoms with E-state index in [0.29, 0.717) is 23.5 Å². The first-order valence-corrected chi connectivity index (χ1v) is 11.3. The zero-order valence-electron chi connectivity index (χ0n) is 17.2. The molecule has 5 heteroatoms. The van der Waals surface area contributed by atoms with Gasteiger partial charge in [-0.2, -0.15) is 0 Å². The maximum atomic E-state index is 12.1. The molecule has 1 aromatic rings. The van der Waals surface area contributed by atoms with Gasteiger partial charge in [0.1, 0.15) is 17.5 Å². The van der Waals surface area contributed by atoms with Crippen LogP contribution in [0.5, 0.6) is 0 Å². The van der Waals surface area contributed by atoms with Crippen LogP contribution in [0.4, 0.5) is 0 Å². The minimum absolute atomic E-state index is 0.0648. The Morgan fingerprint density at radius 3 is 2.66 bits per heavy atom. The number of carbonyl (C=O) groups excluding carboxylic acids is 1. The summed E-state index contributed by atoms with van der Waals surface area (Å²) in [5.74, 6) is 1.88. The molecule has 4 saturated carbocycles. The molecule has 0 bridgehead atoms. The maximum absolute atomic E-state index is 12.1. The summed E-state index contributed by atoms with van der Waals surface area (Å²) in [4.78, 5) is 23.6. The minimum atomic E-state index is -0.565. The van der Waals surface area contributed by atoms with Gasteiger partial charge in [0, 0.05) is 30.2 Å². The highest BCUT2D eigenvalue weighted by Crippen LogP contribution is 2.77. The van der Waals surface area contributed by atoms with E-state index in [2.05, 4.69) is 13.8 Å². The fourth-order valence-electron chi connectivity index (χ4n) is 8.62. The van der Waals surface area contributed by atoms with Crippen molar-refractivity contribution in [2.45, 2.75) is 82.5 Å². The van der Waals surface area contributed by atoms with Crippen LogP contribution in [-0.4, -0.2) is 28.7 Å². The Bertz CT molecular complexity index is 917. The molecule has 0 radical (unpaired) electrons. The largest absolute Gasteiger partial charge is 0.431 e. The van der Waals surface area contributed by atoms with Crippen LogP contribution in [0, 0.1) is 28.6 Å². The smallest absolute Gasteiger partial charge is 0.335 e. The predicted octanol–water partition coefficient (Wildman–Crippen LogP) is 3.44. The molecule has 5 aliphatic rings. The fourth-order valence-corrected chi connectivity index (χ4v) is 8.62. The summed E-state index contributed by atoms with van der Waals surface area (Å²) in [5, 5.41) is 11.2. The van der Waals surface area contributed by atoms with Gasteiger partial charge in [0.2, 0.25) is 0 Å². The molecule has 1 unspecified atom stereocenters. The fraction of sp³-hybridized carbons (Fsp3) is 0.750. The van der Waals surface area contributed by atoms with Crippen molar-refractivity contribution < 1.29 is 19.1 Å². The second-order valence-corrected chi connectivity index (χ2v) is 10.9. The summed E-state index contributed by atoms with van der Waals surface area (Å²) in [7, 11) is 0. The van der Waals surface area contributed by atoms with Gasteiger partial charge >= 0.3 is 5.63 Å². The highest BCUT2D eigenvalue weighted by atomic mass is 16.6. The third kappa shape index (κ3) is 2.09. The molecule has 6 rings (SSSR count). The van der Waals surface area contributed by atoms with E-state index >= 15 is 0 Å². The molecule has 1 saturated heterocycles. The quantitative estimate of drug-likeness (QED) is 0.733. The third-order valence-corrected chi connectivity index (χ3v) is 10.0. The van der Waals surface area contributed by atoms with Gasteiger partial charge in [0.15, 0.2) is 0 Å². The van der Waals surface area contributed by atoms with Crippen molar-refractivity contribution in [3.05, 3.63) is 34.4 Å². The Kier molecular flexibility index (Phi) is 3.55. The molecule has 1 N–H and O–H groups in total. The van der Waals surface area contributed by atoms with Crippen molar-refractivity contribution in [2.24, 2.45) is 28.6 Å². The summed E-state index contributed by atoms with van der Waals surface area (Å²) in [6, 6.07) is 3.28. The van der Waals surface area contributed by atoms with Gasteiger partial charge in [-0.25, -0.2) is 4.79 Å². The minimum Gasteiger partial charge on any atom is -0.431 e. The maximum Gasteiger partial charge on any atom is 0.335 e. The van der Waals surface area contributed by atoms with E-state index in [1.807, 2.05) is 6.07 Å². The molecule has 1 aromatic heterocycles. The van der Waals surface area contributed by atoms with Crippen LogP contribution in [-0.2, 0) is 9.53 Å². The van der Waals surface area contributed by atoms with Gasteiger partial charge in [-0.3, -0.25) is 4.79 Å². The lowest BCUT2D eigenvalue weighted by atomic mass is 9.44. The van der Waals surface area contributed by atoms with Gasteiger partial charge in [-0.05, 0) is 66.9 Å². The van der Waals surface area contributed by atoms with Crippen LogP contribution in [0.15, 0.2) is 27.6 Å². The number of ether oxygens (including phenoxy) is 1. The topological polar surface area (TPSA) is 80.0 Å². The number of hydrogen-bond donors (Lipinski definition) is 1. The number of aliphatic hydroxyl groups is 1. The first kappa shape index (κ1) is 18.3. The van der Waals surface area contributed by atoms with E-state index in [0.717, 1.165) is 50.5 Å². The lowest BCUT2D eigenvalue weighted by Gasteiger charge is -2.60. The van der Waals surface area contributed by atoms with Crippen molar-refractivity contribution in [1.29, 1.82) is 0 Å². The SMILES string of the molecule is C[C@]12CCC(=O)CC1CC[C@@H]1[C@@H]2CC[C@]2(C)[C@@H](c3ccc(=O)oc3)[C@@H](O)[C@H]3O[C@]132. The Morgan fingerprint density at radius 1 is 1.07 bits per heavy atom. The molecule has 0 aromatic carbocycles. The average Bonchev–Trinajstić information content (AvgIpc) is 3.40. The Morgan fingerprint density at radius 2 is 1.90 bits per heavy atom. The number of fused-ring (bicyclic) bond motifs is 3. The number of Topliss-reactive ketones (excluding diaryl/α,β-unsaturated/α-hetero) is 1. The molecule has 0 amide bonds. The Balaban J connectivity index is 1.39. The Labute approximate surface area is 170 Å². The van der Waals surface area contributed by atoms with Gasteiger partial charge in [-0.1, -0.05) is 13.8 Å². The number of rotatable bonds is 1. The van der Waals surface area contributed by atoms with Crippen LogP contribution >= 0.6 is 0 Å². The average molecular weight is 398 g/mol. The van der Waals surface area contributed by atoms with E-state index < -0.39 is 6.10 Å². The molecule has 1 spiro atoms. The summed E-state index contributed by atoms with van der Waals surface area (Å²) >= 11 is 0. The molecule has 1 aliphatic heterocycles. The number of aliphatic hydroxyl groups excluding tert-OH is 1. The first-order chi connectivity index (χ1) is 13.8. The molecule has 156 valence electrons. The van der Waals surface area contributed by atoms with E-state index in [4.69, 9.17) is 9.15 Å². The molecular weight excluding hydrogens is 368 g/mol. The molecule has 5 nitrogen and oxygen atoms in total. The zero-order chi connectivity index (χ0) is 20.2. The van der Waals surface area contributed by atoms with Crippen molar-refractivity contribution in [3.8, 4) is 0 Å². The van der Waals surface area contributed by atoms with Gasteiger partial charge in [0.25, 0.3) is 0 Å². The van der Waals surface area contributed by atoms with Crippen LogP contribution in [0.2, 0.25) is 0 Å². The number of epoxide rings is 1. The zero-order valence-corrected chi connectivity index (χ0v) is 17.2. The van der Waals surface area contributed by atoms with Crippen molar-refractivity contribution in [3.63, 3.8) is 0 Å². The molecular formula is C24H30O5. The van der Waals surface area contributed by atoms with Crippen molar-refractivity contribution in [1.82, 2.24) is 0 Å². The van der Waals surface area contributed by atoms with E-state index in [1.165, 1.54) is 12.3 Å². The summed E-state index contributed by atoms with van der Waals surface area (Å²) in [5.41, 5.74) is 0.337. The number of ketones is 1. The van der Waals surface area contributed by atoms with Crippen LogP contribution < -0.4 is 5.63 Å². The number of hydrogen-bond acceptors (Lipinski definition) is 5. The third-order valence-electron chi connectivity index (χ3n) is 10.0. The van der Waals surface area contributed by atoms with Crippen LogP contribution in [0.25, 0.3) is 0 Å². The van der Waals surface area contributed by atoms with E-state index in [1.54, 1.807) is 0 Å². The molecule has 29 heavy (non-hydrogen) atoms. The summed E-state index contributed by atoms with van der Waals surface area (Å²) in [6.07, 6.45) is 7.64. The van der Waals surface area contributed by atoms with Crippen LogP contribution in [0.1, 0.15) is 70.3 Å². The predicted molar refractivity (Wildman–Crippen MR) is 105 cm³/mol. The van der Waals surface area contributed by atoms with Gasteiger partial charge < -0.3 is 14.3 Å². The normalized spacial score (nSPS) is 52.9. The second-order valence-electron chi connectivity index (χ2n) is 10.9. The standard InChI is InChI=1S/C24H30O5/c1-22-9-7-15(25)11-14(22)4-5-17-16(22)8-10-23(2)19(13-3-6-18(26)28-12-13)20(27)21-24(17,23)29-21/h3,6,12,14,16-17,19-21,27H,4-5,7-11H2,1-2H3/t14?,16-,17+,19-,20+,21+,22-,23+,24+/m0/s1. The Hall–Kier alpha value is -1.46. The van der Waals surface area contributed by atoms with Gasteiger partial charge in [0.05, 0.1) is 12.4 Å². The lowest BCUT2D eigenvalue weighted by molar-refractivity contribution is -0.146. The summed E-state index contributed by atoms with van der Waals surface area (Å²) in [6.45, 7) is 4.71. The highest BCUT2D eigenvalue weighted by Gasteiger charge is 2.83. The van der Waals surface area contributed by atoms with Crippen LogP contribution in [0.3, 0.4) is 0 Å².